The minimum absolute atomic E-state index is 0.0133. The summed E-state index contributed by atoms with van der Waals surface area (Å²) >= 11 is 6.05. The van der Waals surface area contributed by atoms with E-state index in [4.69, 9.17) is 22.6 Å². The zero-order valence-corrected chi connectivity index (χ0v) is 19.5. The summed E-state index contributed by atoms with van der Waals surface area (Å²) in [6, 6.07) is 5.61. The van der Waals surface area contributed by atoms with Crippen LogP contribution in [0.25, 0.3) is 0 Å². The van der Waals surface area contributed by atoms with Gasteiger partial charge in [-0.05, 0) is 44.9 Å². The Kier molecular flexibility index (Phi) is 5.62. The van der Waals surface area contributed by atoms with Crippen LogP contribution in [0.15, 0.2) is 33.8 Å². The van der Waals surface area contributed by atoms with Gasteiger partial charge in [-0.3, -0.25) is 9.79 Å². The lowest BCUT2D eigenvalue weighted by Crippen LogP contribution is -2.57. The zero-order valence-electron chi connectivity index (χ0n) is 17.9. The average Bonchev–Trinajstić information content (AvgIpc) is 2.76. The number of nitriles is 1. The van der Waals surface area contributed by atoms with Crippen LogP contribution >= 0.6 is 11.6 Å². The summed E-state index contributed by atoms with van der Waals surface area (Å²) in [5.41, 5.74) is 4.90. The molecule has 3 N–H and O–H groups in total. The van der Waals surface area contributed by atoms with Gasteiger partial charge in [0.05, 0.1) is 26.1 Å². The van der Waals surface area contributed by atoms with Gasteiger partial charge in [0, 0.05) is 12.7 Å². The van der Waals surface area contributed by atoms with Crippen LogP contribution in [0.3, 0.4) is 0 Å². The molecule has 0 radical (unpaired) electrons. The lowest BCUT2D eigenvalue weighted by molar-refractivity contribution is 0.102. The number of rotatable bonds is 3. The fourth-order valence-corrected chi connectivity index (χ4v) is 7.25. The van der Waals surface area contributed by atoms with Crippen molar-refractivity contribution >= 4 is 38.9 Å². The summed E-state index contributed by atoms with van der Waals surface area (Å²) in [7, 11) is -2.82. The molecule has 0 saturated heterocycles. The first-order valence-electron chi connectivity index (χ1n) is 10.1. The smallest absolute Gasteiger partial charge is 0.276 e. The van der Waals surface area contributed by atoms with E-state index in [9.17, 15) is 13.4 Å². The van der Waals surface area contributed by atoms with Crippen molar-refractivity contribution in [1.29, 1.82) is 5.26 Å². The number of nitrogens with two attached hydrogens (primary N) is 1. The highest BCUT2D eigenvalue weighted by atomic mass is 35.5. The van der Waals surface area contributed by atoms with Crippen molar-refractivity contribution in [2.24, 2.45) is 15.1 Å². The van der Waals surface area contributed by atoms with Crippen molar-refractivity contribution in [3.63, 3.8) is 0 Å². The Morgan fingerprint density at radius 2 is 2.15 bits per heavy atom. The molecule has 1 unspecified atom stereocenters. The van der Waals surface area contributed by atoms with Gasteiger partial charge in [0.2, 0.25) is 0 Å². The topological polar surface area (TPSA) is 146 Å². The Balaban J connectivity index is 1.70. The van der Waals surface area contributed by atoms with Gasteiger partial charge in [-0.1, -0.05) is 11.6 Å². The standard InChI is InChI=1S/C21H21ClFN7O2S/c1-20(11-33(32)21(2,19(25)30-20)6-3-7-27-33)17-14(23)4-5-15(28-17)29-18(31)16-13(22)8-12(9-24)10-26-16/h4-5,8,10H,3,6-7,11H2,1-2H3,(H2,25,30)(H,28,29,31)/t20-,21+,33?/m0/s1. The second-order valence-corrected chi connectivity index (χ2v) is 11.5. The maximum absolute atomic E-state index is 14.9. The van der Waals surface area contributed by atoms with Gasteiger partial charge >= 0.3 is 0 Å². The predicted molar refractivity (Wildman–Crippen MR) is 123 cm³/mol. The molecule has 0 aromatic carbocycles. The van der Waals surface area contributed by atoms with Crippen LogP contribution < -0.4 is 11.1 Å². The molecule has 2 aromatic rings. The van der Waals surface area contributed by atoms with E-state index in [1.807, 2.05) is 6.07 Å². The average molecular weight is 490 g/mol. The maximum Gasteiger partial charge on any atom is 0.276 e. The Morgan fingerprint density at radius 3 is 2.85 bits per heavy atom. The highest BCUT2D eigenvalue weighted by Crippen LogP contribution is 2.42. The monoisotopic (exact) mass is 489 g/mol. The summed E-state index contributed by atoms with van der Waals surface area (Å²) in [4.78, 5) is 25.3. The van der Waals surface area contributed by atoms with Crippen molar-refractivity contribution in [3.05, 3.63) is 52.2 Å². The first kappa shape index (κ1) is 23.1. The van der Waals surface area contributed by atoms with E-state index in [1.54, 1.807) is 13.8 Å². The highest BCUT2D eigenvalue weighted by Gasteiger charge is 2.51. The number of pyridine rings is 2. The van der Waals surface area contributed by atoms with E-state index >= 15 is 0 Å². The number of nitrogens with zero attached hydrogens (tertiary/aromatic N) is 5. The van der Waals surface area contributed by atoms with Gasteiger partial charge < -0.3 is 11.1 Å². The minimum atomic E-state index is -2.82. The van der Waals surface area contributed by atoms with Crippen LogP contribution in [0.5, 0.6) is 0 Å². The van der Waals surface area contributed by atoms with E-state index in [0.29, 0.717) is 13.0 Å². The number of amidine groups is 1. The fourth-order valence-electron chi connectivity index (χ4n) is 4.08. The summed E-state index contributed by atoms with van der Waals surface area (Å²) in [6.45, 7) is 3.83. The number of anilines is 1. The van der Waals surface area contributed by atoms with E-state index in [-0.39, 0.29) is 39.4 Å². The second kappa shape index (κ2) is 8.04. The van der Waals surface area contributed by atoms with Gasteiger partial charge in [-0.15, -0.1) is 0 Å². The van der Waals surface area contributed by atoms with Crippen molar-refractivity contribution in [1.82, 2.24) is 9.97 Å². The molecule has 0 fully saturated rings. The number of carbonyl (C=O) groups excluding carboxylic acids is 1. The zero-order chi connectivity index (χ0) is 24.0. The molecular weight excluding hydrogens is 469 g/mol. The normalized spacial score (nSPS) is 28.6. The molecule has 2 aliphatic heterocycles. The molecular formula is C21H21ClFN7O2S. The van der Waals surface area contributed by atoms with Gasteiger partial charge in [0.25, 0.3) is 5.91 Å². The van der Waals surface area contributed by atoms with Crippen LogP contribution in [-0.4, -0.2) is 43.0 Å². The summed E-state index contributed by atoms with van der Waals surface area (Å²) in [5.74, 6) is -1.22. The van der Waals surface area contributed by atoms with E-state index in [0.717, 1.165) is 12.5 Å². The predicted octanol–water partition coefficient (Wildman–Crippen LogP) is 3.00. The van der Waals surface area contributed by atoms with E-state index in [2.05, 4.69) is 24.6 Å². The summed E-state index contributed by atoms with van der Waals surface area (Å²) in [5, 5.41) is 11.4. The number of carbonyl (C=O) groups is 1. The molecule has 1 amide bonds. The molecule has 4 rings (SSSR count). The van der Waals surface area contributed by atoms with Gasteiger partial charge in [-0.25, -0.2) is 22.9 Å². The summed E-state index contributed by atoms with van der Waals surface area (Å²) < 4.78 is 32.2. The van der Waals surface area contributed by atoms with Crippen molar-refractivity contribution in [2.45, 2.75) is 37.0 Å². The largest absolute Gasteiger partial charge is 0.386 e. The molecule has 0 saturated carbocycles. The van der Waals surface area contributed by atoms with Gasteiger partial charge in [-0.2, -0.15) is 5.26 Å². The maximum atomic E-state index is 14.9. The van der Waals surface area contributed by atoms with Crippen LogP contribution in [-0.2, 0) is 15.3 Å². The SMILES string of the molecule is C[C@@]1(c2nc(NC(=O)c3ncc(C#N)cc3Cl)ccc2F)CS2(=O)=NCCC[C@]2(C)C(N)=N1. The van der Waals surface area contributed by atoms with Crippen LogP contribution in [0.2, 0.25) is 5.02 Å². The number of fused-ring (bicyclic) bond motifs is 1. The molecule has 0 bridgehead atoms. The van der Waals surface area contributed by atoms with Crippen LogP contribution in [0.1, 0.15) is 48.4 Å². The third-order valence-electron chi connectivity index (χ3n) is 5.98. The lowest BCUT2D eigenvalue weighted by Gasteiger charge is -2.43. The molecule has 33 heavy (non-hydrogen) atoms. The quantitative estimate of drug-likeness (QED) is 0.677. The summed E-state index contributed by atoms with van der Waals surface area (Å²) in [6.07, 6.45) is 2.55. The van der Waals surface area contributed by atoms with Gasteiger partial charge in [0.1, 0.15) is 45.2 Å². The van der Waals surface area contributed by atoms with Gasteiger partial charge in [0.15, 0.2) is 0 Å². The number of hydrogen-bond acceptors (Lipinski definition) is 8. The Hall–Kier alpha value is -3.10. The second-order valence-electron chi connectivity index (χ2n) is 8.39. The van der Waals surface area contributed by atoms with Crippen molar-refractivity contribution < 1.29 is 13.4 Å². The first-order valence-corrected chi connectivity index (χ1v) is 12.2. The minimum Gasteiger partial charge on any atom is -0.386 e. The number of halogens is 2. The molecule has 3 atom stereocenters. The lowest BCUT2D eigenvalue weighted by atomic mass is 9.96. The fraction of sp³-hybridized carbons (Fsp3) is 0.381. The van der Waals surface area contributed by atoms with Crippen LogP contribution in [0.4, 0.5) is 10.2 Å². The molecule has 9 nitrogen and oxygen atoms in total. The third kappa shape index (κ3) is 3.83. The molecule has 2 aliphatic rings. The Morgan fingerprint density at radius 1 is 1.39 bits per heavy atom. The van der Waals surface area contributed by atoms with Crippen LogP contribution in [0, 0.1) is 17.1 Å². The molecule has 4 heterocycles. The molecule has 0 aliphatic carbocycles. The van der Waals surface area contributed by atoms with Crippen molar-refractivity contribution in [3.8, 4) is 6.07 Å². The number of aliphatic imine (C=N–C) groups is 1. The highest BCUT2D eigenvalue weighted by molar-refractivity contribution is 7.95. The molecule has 0 spiro atoms. The Bertz CT molecular complexity index is 1360. The van der Waals surface area contributed by atoms with E-state index in [1.165, 1.54) is 18.3 Å². The first-order chi connectivity index (χ1) is 15.5. The van der Waals surface area contributed by atoms with E-state index < -0.39 is 31.7 Å². The Labute approximate surface area is 195 Å². The third-order valence-corrected chi connectivity index (χ3v) is 9.65. The number of hydrogen-bond donors (Lipinski definition) is 2. The molecule has 2 aromatic heterocycles. The molecule has 12 heteroatoms. The number of amides is 1. The molecule has 172 valence electrons. The number of aromatic nitrogens is 2. The van der Waals surface area contributed by atoms with Crippen molar-refractivity contribution in [2.75, 3.05) is 17.6 Å². The number of nitrogens with one attached hydrogen (secondary N) is 1.